The lowest BCUT2D eigenvalue weighted by Crippen LogP contribution is -2.47. The standard InChI is InChI=1S/C22H25FN2O7S/c23-16-6-10-18(11-7-16)33(29,30)25-19(14-32-21-3-1-2-12-31-21)22(28)24-17-8-4-15(5-9-17)13-20(26)27/h4-11,19,21,25H,1-3,12-14H2,(H,24,28)(H,26,27). The highest BCUT2D eigenvalue weighted by Gasteiger charge is 2.28. The number of sulfonamides is 1. The summed E-state index contributed by atoms with van der Waals surface area (Å²) in [5, 5.41) is 11.5. The summed E-state index contributed by atoms with van der Waals surface area (Å²) < 4.78 is 52.1. The normalized spacial score (nSPS) is 17.3. The maximum Gasteiger partial charge on any atom is 0.307 e. The molecule has 0 aromatic heterocycles. The summed E-state index contributed by atoms with van der Waals surface area (Å²) in [4.78, 5) is 23.5. The number of carbonyl (C=O) groups excluding carboxylic acids is 1. The van der Waals surface area contributed by atoms with Crippen molar-refractivity contribution >= 4 is 27.6 Å². The summed E-state index contributed by atoms with van der Waals surface area (Å²) in [6.45, 7) is 0.236. The molecule has 3 rings (SSSR count). The monoisotopic (exact) mass is 480 g/mol. The van der Waals surface area contributed by atoms with Gasteiger partial charge in [0.15, 0.2) is 6.29 Å². The predicted octanol–water partition coefficient (Wildman–Crippen LogP) is 2.28. The number of halogens is 1. The van der Waals surface area contributed by atoms with E-state index in [1.54, 1.807) is 12.1 Å². The highest BCUT2D eigenvalue weighted by Crippen LogP contribution is 2.16. The zero-order valence-electron chi connectivity index (χ0n) is 17.7. The number of ether oxygens (including phenoxy) is 2. The van der Waals surface area contributed by atoms with Gasteiger partial charge in [-0.25, -0.2) is 12.8 Å². The molecule has 1 fully saturated rings. The van der Waals surface area contributed by atoms with Gasteiger partial charge in [0, 0.05) is 12.3 Å². The fourth-order valence-corrected chi connectivity index (χ4v) is 4.37. The minimum atomic E-state index is -4.15. The van der Waals surface area contributed by atoms with Gasteiger partial charge in [0.1, 0.15) is 11.9 Å². The number of carboxylic acid groups (broad SMARTS) is 1. The second-order valence-corrected chi connectivity index (χ2v) is 9.23. The lowest BCUT2D eigenvalue weighted by atomic mass is 10.1. The second-order valence-electron chi connectivity index (χ2n) is 7.51. The molecule has 11 heteroatoms. The first kappa shape index (κ1) is 24.8. The molecule has 3 N–H and O–H groups in total. The highest BCUT2D eigenvalue weighted by molar-refractivity contribution is 7.89. The quantitative estimate of drug-likeness (QED) is 0.475. The molecule has 0 spiro atoms. The number of aliphatic carboxylic acids is 1. The molecule has 0 saturated carbocycles. The van der Waals surface area contributed by atoms with Crippen molar-refractivity contribution < 1.29 is 37.0 Å². The van der Waals surface area contributed by atoms with E-state index in [1.165, 1.54) is 12.1 Å². The van der Waals surface area contributed by atoms with Crippen LogP contribution in [0.4, 0.5) is 10.1 Å². The predicted molar refractivity (Wildman–Crippen MR) is 116 cm³/mol. The van der Waals surface area contributed by atoms with Crippen LogP contribution in [0.1, 0.15) is 24.8 Å². The van der Waals surface area contributed by atoms with Crippen LogP contribution in [-0.2, 0) is 35.5 Å². The molecule has 1 amide bonds. The van der Waals surface area contributed by atoms with Crippen molar-refractivity contribution in [3.8, 4) is 0 Å². The number of hydrogen-bond donors (Lipinski definition) is 3. The van der Waals surface area contributed by atoms with E-state index >= 15 is 0 Å². The van der Waals surface area contributed by atoms with Gasteiger partial charge in [0.05, 0.1) is 17.9 Å². The van der Waals surface area contributed by atoms with E-state index in [-0.39, 0.29) is 17.9 Å². The summed E-state index contributed by atoms with van der Waals surface area (Å²) in [6, 6.07) is 9.05. The summed E-state index contributed by atoms with van der Waals surface area (Å²) in [5.74, 6) is -2.25. The molecule has 2 aromatic rings. The molecule has 1 aliphatic heterocycles. The van der Waals surface area contributed by atoms with Gasteiger partial charge in [-0.1, -0.05) is 12.1 Å². The largest absolute Gasteiger partial charge is 0.481 e. The van der Waals surface area contributed by atoms with Crippen LogP contribution in [0.2, 0.25) is 0 Å². The zero-order valence-corrected chi connectivity index (χ0v) is 18.5. The molecule has 1 aliphatic rings. The van der Waals surface area contributed by atoms with Crippen LogP contribution in [0, 0.1) is 5.82 Å². The van der Waals surface area contributed by atoms with Crippen LogP contribution in [0.25, 0.3) is 0 Å². The Bertz CT molecular complexity index is 1050. The van der Waals surface area contributed by atoms with Crippen molar-refractivity contribution in [1.29, 1.82) is 0 Å². The second kappa shape index (κ2) is 11.3. The molecule has 2 atom stereocenters. The molecular weight excluding hydrogens is 455 g/mol. The molecule has 0 aliphatic carbocycles. The maximum atomic E-state index is 13.2. The fourth-order valence-electron chi connectivity index (χ4n) is 3.19. The van der Waals surface area contributed by atoms with Gasteiger partial charge in [-0.05, 0) is 61.2 Å². The van der Waals surface area contributed by atoms with Gasteiger partial charge >= 0.3 is 5.97 Å². The van der Waals surface area contributed by atoms with E-state index < -0.39 is 40.0 Å². The number of benzene rings is 2. The number of amides is 1. The smallest absolute Gasteiger partial charge is 0.307 e. The molecule has 2 unspecified atom stereocenters. The van der Waals surface area contributed by atoms with Crippen molar-refractivity contribution in [2.45, 2.75) is 42.9 Å². The first-order chi connectivity index (χ1) is 15.7. The Kier molecular flexibility index (Phi) is 8.50. The molecule has 33 heavy (non-hydrogen) atoms. The van der Waals surface area contributed by atoms with Gasteiger partial charge in [-0.15, -0.1) is 0 Å². The van der Waals surface area contributed by atoms with Crippen molar-refractivity contribution in [3.05, 3.63) is 59.9 Å². The van der Waals surface area contributed by atoms with Gasteiger partial charge in [-0.2, -0.15) is 4.72 Å². The molecule has 1 heterocycles. The SMILES string of the molecule is O=C(O)Cc1ccc(NC(=O)C(COC2CCCCO2)NS(=O)(=O)c2ccc(F)cc2)cc1. The Morgan fingerprint density at radius 2 is 1.82 bits per heavy atom. The minimum Gasteiger partial charge on any atom is -0.481 e. The molecular formula is C22H25FN2O7S. The van der Waals surface area contributed by atoms with Gasteiger partial charge in [0.25, 0.3) is 0 Å². The van der Waals surface area contributed by atoms with Crippen LogP contribution in [0.15, 0.2) is 53.4 Å². The lowest BCUT2D eigenvalue weighted by Gasteiger charge is -2.25. The van der Waals surface area contributed by atoms with Crippen LogP contribution in [-0.4, -0.2) is 50.9 Å². The Hall–Kier alpha value is -2.86. The minimum absolute atomic E-state index is 0.163. The van der Waals surface area contributed by atoms with E-state index in [4.69, 9.17) is 14.6 Å². The average Bonchev–Trinajstić information content (AvgIpc) is 2.78. The van der Waals surface area contributed by atoms with Crippen molar-refractivity contribution in [2.24, 2.45) is 0 Å². The first-order valence-corrected chi connectivity index (χ1v) is 11.8. The summed E-state index contributed by atoms with van der Waals surface area (Å²) >= 11 is 0. The summed E-state index contributed by atoms with van der Waals surface area (Å²) in [5.41, 5.74) is 0.904. The third kappa shape index (κ3) is 7.60. The summed E-state index contributed by atoms with van der Waals surface area (Å²) in [6.07, 6.45) is 1.72. The van der Waals surface area contributed by atoms with Crippen molar-refractivity contribution in [1.82, 2.24) is 4.72 Å². The van der Waals surface area contributed by atoms with Crippen molar-refractivity contribution in [2.75, 3.05) is 18.5 Å². The zero-order chi connectivity index (χ0) is 23.8. The van der Waals surface area contributed by atoms with E-state index in [0.717, 1.165) is 37.1 Å². The van der Waals surface area contributed by atoms with E-state index in [2.05, 4.69) is 10.0 Å². The third-order valence-electron chi connectivity index (χ3n) is 4.90. The molecule has 178 valence electrons. The molecule has 0 radical (unpaired) electrons. The Labute approximate surface area is 191 Å². The number of carboxylic acids is 1. The van der Waals surface area contributed by atoms with E-state index in [0.29, 0.717) is 24.3 Å². The van der Waals surface area contributed by atoms with Gasteiger partial charge < -0.3 is 19.9 Å². The van der Waals surface area contributed by atoms with Gasteiger partial charge in [0.2, 0.25) is 15.9 Å². The number of rotatable bonds is 10. The average molecular weight is 481 g/mol. The number of anilines is 1. The number of nitrogens with one attached hydrogen (secondary N) is 2. The van der Waals surface area contributed by atoms with Crippen LogP contribution in [0.3, 0.4) is 0 Å². The van der Waals surface area contributed by atoms with Crippen LogP contribution < -0.4 is 10.0 Å². The van der Waals surface area contributed by atoms with E-state index in [1.807, 2.05) is 0 Å². The van der Waals surface area contributed by atoms with Crippen molar-refractivity contribution in [3.63, 3.8) is 0 Å². The Morgan fingerprint density at radius 3 is 2.42 bits per heavy atom. The molecule has 0 bridgehead atoms. The first-order valence-electron chi connectivity index (χ1n) is 10.4. The highest BCUT2D eigenvalue weighted by atomic mass is 32.2. The lowest BCUT2D eigenvalue weighted by molar-refractivity contribution is -0.166. The molecule has 2 aromatic carbocycles. The van der Waals surface area contributed by atoms with Gasteiger partial charge in [-0.3, -0.25) is 9.59 Å². The molecule has 9 nitrogen and oxygen atoms in total. The van der Waals surface area contributed by atoms with E-state index in [9.17, 15) is 22.4 Å². The third-order valence-corrected chi connectivity index (χ3v) is 6.39. The molecule has 1 saturated heterocycles. The number of hydrogen-bond acceptors (Lipinski definition) is 6. The Balaban J connectivity index is 1.72. The number of carbonyl (C=O) groups is 2. The summed E-state index contributed by atoms with van der Waals surface area (Å²) in [7, 11) is -4.15. The maximum absolute atomic E-state index is 13.2. The van der Waals surface area contributed by atoms with Crippen LogP contribution >= 0.6 is 0 Å². The Morgan fingerprint density at radius 1 is 1.12 bits per heavy atom. The van der Waals surface area contributed by atoms with Crippen LogP contribution in [0.5, 0.6) is 0 Å². The topological polar surface area (TPSA) is 131 Å². The fraction of sp³-hybridized carbons (Fsp3) is 0.364.